The van der Waals surface area contributed by atoms with Crippen molar-refractivity contribution < 1.29 is 33.6 Å². The number of phenols is 1. The third-order valence-corrected chi connectivity index (χ3v) is 7.63. The average Bonchev–Trinajstić information content (AvgIpc) is 3.57. The average molecular weight is 539 g/mol. The zero-order valence-electron chi connectivity index (χ0n) is 22.4. The van der Waals surface area contributed by atoms with E-state index in [2.05, 4.69) is 4.98 Å². The first-order valence-corrected chi connectivity index (χ1v) is 13.2. The smallest absolute Gasteiger partial charge is 0.341 e. The fourth-order valence-electron chi connectivity index (χ4n) is 5.38. The summed E-state index contributed by atoms with van der Waals surface area (Å²) in [5.41, 5.74) is 4.99. The molecule has 10 heteroatoms. The maximum Gasteiger partial charge on any atom is 0.341 e. The number of nitrogens with zero attached hydrogens (tertiary/aromatic N) is 1. The number of aromatic nitrogens is 1. The second-order valence-corrected chi connectivity index (χ2v) is 10.9. The molecule has 2 aromatic heterocycles. The van der Waals surface area contributed by atoms with Gasteiger partial charge < -0.3 is 34.6 Å². The van der Waals surface area contributed by atoms with Gasteiger partial charge in [0, 0.05) is 36.9 Å². The summed E-state index contributed by atoms with van der Waals surface area (Å²) in [6.45, 7) is 5.29. The minimum Gasteiger partial charge on any atom is -0.507 e. The molecule has 0 spiro atoms. The van der Waals surface area contributed by atoms with Crippen LogP contribution in [0.15, 0.2) is 39.7 Å². The number of fused-ring (bicyclic) bond motifs is 2. The number of unbranched alkanes of at least 4 members (excludes halogenated alkanes) is 1. The van der Waals surface area contributed by atoms with Crippen LogP contribution in [0.25, 0.3) is 11.0 Å². The predicted octanol–water partition coefficient (Wildman–Crippen LogP) is 3.34. The van der Waals surface area contributed by atoms with E-state index >= 15 is 0 Å². The number of ether oxygens (including phenoxy) is 3. The quantitative estimate of drug-likeness (QED) is 0.210. The van der Waals surface area contributed by atoms with Gasteiger partial charge in [0.1, 0.15) is 45.8 Å². The Bertz CT molecular complexity index is 1470. The number of carbonyl (C=O) groups excluding carboxylic acids is 1. The van der Waals surface area contributed by atoms with Crippen LogP contribution < -0.4 is 15.9 Å². The van der Waals surface area contributed by atoms with Crippen LogP contribution in [0.5, 0.6) is 11.5 Å². The number of nitrogen functional groups attached to an aromatic ring is 1. The molecule has 0 radical (unpaired) electrons. The van der Waals surface area contributed by atoms with E-state index < -0.39 is 23.3 Å². The summed E-state index contributed by atoms with van der Waals surface area (Å²) in [6, 6.07) is 6.59. The number of aliphatic hydroxyl groups is 1. The van der Waals surface area contributed by atoms with E-state index in [1.54, 1.807) is 39.1 Å². The molecule has 0 amide bonds. The molecule has 2 aliphatic rings. The number of pyridine rings is 1. The van der Waals surface area contributed by atoms with Gasteiger partial charge in [-0.2, -0.15) is 0 Å². The predicted molar refractivity (Wildman–Crippen MR) is 143 cm³/mol. The molecule has 5 rings (SSSR count). The number of esters is 1. The number of aliphatic hydroxyl groups excluding tert-OH is 1. The number of rotatable bonds is 9. The number of hydrogen-bond acceptors (Lipinski definition) is 10. The Labute approximate surface area is 225 Å². The van der Waals surface area contributed by atoms with Crippen LogP contribution in [-0.4, -0.2) is 51.2 Å². The third-order valence-electron chi connectivity index (χ3n) is 7.63. The fraction of sp³-hybridized carbons (Fsp3) is 0.483. The Balaban J connectivity index is 1.36. The molecule has 3 aromatic rings. The number of aryl methyl sites for hydroxylation is 2. The Morgan fingerprint density at radius 2 is 2.05 bits per heavy atom. The van der Waals surface area contributed by atoms with Crippen molar-refractivity contribution in [2.24, 2.45) is 0 Å². The molecular weight excluding hydrogens is 504 g/mol. The fourth-order valence-corrected chi connectivity index (χ4v) is 5.38. The number of aromatic hydroxyl groups is 1. The molecule has 3 atom stereocenters. The lowest BCUT2D eigenvalue weighted by molar-refractivity contribution is -0.168. The summed E-state index contributed by atoms with van der Waals surface area (Å²) in [4.78, 5) is 30.2. The van der Waals surface area contributed by atoms with E-state index in [4.69, 9.17) is 24.4 Å². The number of benzene rings is 1. The molecule has 4 heterocycles. The highest BCUT2D eigenvalue weighted by atomic mass is 16.7. The summed E-state index contributed by atoms with van der Waals surface area (Å²) in [5.74, 6) is 0.497. The van der Waals surface area contributed by atoms with Gasteiger partial charge in [-0.1, -0.05) is 0 Å². The molecule has 0 unspecified atom stereocenters. The first-order valence-electron chi connectivity index (χ1n) is 13.2. The standard InChI is InChI=1S/C29H34N2O8/c1-16-12-19(33)25-21(36-16)15-20-18(26(25)34)14-23(28(2,3)38-20)37-27(35)29(9-4-5-11-32)22(39-29)7-6-17-8-10-31-24(30)13-17/h8,10,12-13,15,22-23,32,34H,4-7,9,11,14H2,1-3H3,(H2,30,31)/t22-,23-,29+/m1/s1. The first-order chi connectivity index (χ1) is 18.5. The highest BCUT2D eigenvalue weighted by Gasteiger charge is 2.63. The van der Waals surface area contributed by atoms with E-state index in [0.717, 1.165) is 5.56 Å². The van der Waals surface area contributed by atoms with Crippen LogP contribution in [-0.2, 0) is 27.1 Å². The third kappa shape index (κ3) is 5.18. The maximum absolute atomic E-state index is 13.6. The lowest BCUT2D eigenvalue weighted by Crippen LogP contribution is -2.50. The van der Waals surface area contributed by atoms with Gasteiger partial charge in [-0.25, -0.2) is 9.78 Å². The Morgan fingerprint density at radius 3 is 2.79 bits per heavy atom. The van der Waals surface area contributed by atoms with Crippen LogP contribution in [0.1, 0.15) is 56.4 Å². The van der Waals surface area contributed by atoms with Crippen molar-refractivity contribution in [2.45, 2.75) is 82.7 Å². The molecule has 1 fully saturated rings. The van der Waals surface area contributed by atoms with Gasteiger partial charge in [-0.15, -0.1) is 0 Å². The summed E-state index contributed by atoms with van der Waals surface area (Å²) >= 11 is 0. The number of anilines is 1. The highest BCUT2D eigenvalue weighted by molar-refractivity contribution is 5.87. The summed E-state index contributed by atoms with van der Waals surface area (Å²) in [6.07, 6.45) is 3.50. The topological polar surface area (TPSA) is 158 Å². The van der Waals surface area contributed by atoms with Crippen molar-refractivity contribution in [1.29, 1.82) is 0 Å². The zero-order valence-corrected chi connectivity index (χ0v) is 22.4. The monoisotopic (exact) mass is 538 g/mol. The number of nitrogens with two attached hydrogens (primary N) is 1. The minimum absolute atomic E-state index is 0.0209. The molecule has 10 nitrogen and oxygen atoms in total. The SMILES string of the molecule is Cc1cc(=O)c2c(O)c3c(cc2o1)OC(C)(C)[C@H](OC(=O)[C@@]1(CCCCO)O[C@@H]1CCc1ccnc(N)c1)C3. The lowest BCUT2D eigenvalue weighted by atomic mass is 9.89. The normalized spacial score (nSPS) is 23.2. The Kier molecular flexibility index (Phi) is 7.02. The number of hydrogen-bond donors (Lipinski definition) is 3. The van der Waals surface area contributed by atoms with Crippen LogP contribution >= 0.6 is 0 Å². The Hall–Kier alpha value is -3.63. The van der Waals surface area contributed by atoms with E-state index in [1.165, 1.54) is 6.07 Å². The molecule has 208 valence electrons. The largest absolute Gasteiger partial charge is 0.507 e. The molecule has 2 aliphatic heterocycles. The van der Waals surface area contributed by atoms with Crippen LogP contribution in [0, 0.1) is 6.92 Å². The lowest BCUT2D eigenvalue weighted by Gasteiger charge is -2.39. The number of phenolic OH excluding ortho intramolecular Hbond substituents is 1. The van der Waals surface area contributed by atoms with Gasteiger partial charge in [0.05, 0.1) is 6.10 Å². The summed E-state index contributed by atoms with van der Waals surface area (Å²) < 4.78 is 23.9. The molecule has 1 saturated heterocycles. The van der Waals surface area contributed by atoms with Crippen molar-refractivity contribution in [3.63, 3.8) is 0 Å². The zero-order chi connectivity index (χ0) is 27.9. The van der Waals surface area contributed by atoms with Gasteiger partial charge in [0.2, 0.25) is 0 Å². The van der Waals surface area contributed by atoms with E-state index in [9.17, 15) is 19.8 Å². The molecule has 0 bridgehead atoms. The second-order valence-electron chi connectivity index (χ2n) is 10.9. The number of carbonyl (C=O) groups is 1. The maximum atomic E-state index is 13.6. The van der Waals surface area contributed by atoms with E-state index in [1.807, 2.05) is 6.07 Å². The van der Waals surface area contributed by atoms with Gasteiger partial charge in [-0.3, -0.25) is 4.79 Å². The van der Waals surface area contributed by atoms with Crippen LogP contribution in [0.4, 0.5) is 5.82 Å². The molecule has 39 heavy (non-hydrogen) atoms. The first kappa shape index (κ1) is 27.0. The van der Waals surface area contributed by atoms with Gasteiger partial charge in [-0.05, 0) is 70.6 Å². The minimum atomic E-state index is -1.12. The van der Waals surface area contributed by atoms with Gasteiger partial charge in [0.25, 0.3) is 0 Å². The van der Waals surface area contributed by atoms with Crippen molar-refractivity contribution in [3.8, 4) is 11.5 Å². The van der Waals surface area contributed by atoms with Gasteiger partial charge in [0.15, 0.2) is 11.0 Å². The number of epoxide rings is 1. The Morgan fingerprint density at radius 1 is 1.26 bits per heavy atom. The molecular formula is C29H34N2O8. The summed E-state index contributed by atoms with van der Waals surface area (Å²) in [7, 11) is 0. The summed E-state index contributed by atoms with van der Waals surface area (Å²) in [5, 5.41) is 20.3. The van der Waals surface area contributed by atoms with Crippen molar-refractivity contribution >= 4 is 22.8 Å². The molecule has 0 aliphatic carbocycles. The molecule has 1 aromatic carbocycles. The molecule has 4 N–H and O–H groups in total. The van der Waals surface area contributed by atoms with Crippen molar-refractivity contribution in [3.05, 3.63) is 57.6 Å². The van der Waals surface area contributed by atoms with E-state index in [0.29, 0.717) is 55.0 Å². The molecule has 0 saturated carbocycles. The van der Waals surface area contributed by atoms with Gasteiger partial charge >= 0.3 is 5.97 Å². The highest BCUT2D eigenvalue weighted by Crippen LogP contribution is 2.47. The van der Waals surface area contributed by atoms with Crippen molar-refractivity contribution in [2.75, 3.05) is 12.3 Å². The van der Waals surface area contributed by atoms with Crippen LogP contribution in [0.2, 0.25) is 0 Å². The van der Waals surface area contributed by atoms with Crippen LogP contribution in [0.3, 0.4) is 0 Å². The van der Waals surface area contributed by atoms with Crippen molar-refractivity contribution in [1.82, 2.24) is 4.98 Å². The van der Waals surface area contributed by atoms with E-state index in [-0.39, 0.29) is 41.3 Å². The second kappa shape index (κ2) is 10.2.